The Kier molecular flexibility index (Phi) is 2.23. The molecule has 1 aliphatic carbocycles. The average molecular weight is 233 g/mol. The van der Waals surface area contributed by atoms with Gasteiger partial charge in [0.15, 0.2) is 11.6 Å². The first-order valence-corrected chi connectivity index (χ1v) is 5.60. The highest BCUT2D eigenvalue weighted by molar-refractivity contribution is 6.29. The van der Waals surface area contributed by atoms with Gasteiger partial charge in [-0.05, 0) is 5.56 Å². The van der Waals surface area contributed by atoms with Crippen molar-refractivity contribution in [1.29, 1.82) is 0 Å². The Labute approximate surface area is 105 Å². The first kappa shape index (κ1) is 10.7. The predicted octanol–water partition coefficient (Wildman–Crippen LogP) is 2.91. The highest BCUT2D eigenvalue weighted by atomic mass is 16.1. The normalized spacial score (nSPS) is 12.9. The molecule has 0 unspecified atom stereocenters. The Balaban J connectivity index is 2.37. The molecule has 85 valence electrons. The molecule has 2 aromatic rings. The molecule has 0 N–H and O–H groups in total. The molecule has 2 heteroatoms. The molecule has 0 saturated carbocycles. The largest absolute Gasteiger partial charge is 0.289 e. The number of fused-ring (bicyclic) bond motifs is 2. The Morgan fingerprint density at radius 1 is 0.778 bits per heavy atom. The van der Waals surface area contributed by atoms with E-state index < -0.39 is 0 Å². The van der Waals surface area contributed by atoms with E-state index in [9.17, 15) is 9.59 Å². The maximum atomic E-state index is 12.4. The van der Waals surface area contributed by atoms with E-state index in [0.717, 1.165) is 0 Å². The van der Waals surface area contributed by atoms with E-state index in [1.165, 1.54) is 6.08 Å². The summed E-state index contributed by atoms with van der Waals surface area (Å²) in [6.07, 6.45) is 1.36. The first-order valence-electron chi connectivity index (χ1n) is 5.60. The van der Waals surface area contributed by atoms with Crippen LogP contribution in [0.2, 0.25) is 0 Å². The van der Waals surface area contributed by atoms with E-state index >= 15 is 0 Å². The lowest BCUT2D eigenvalue weighted by Crippen LogP contribution is -2.21. The molecule has 0 aliphatic heterocycles. The van der Waals surface area contributed by atoms with Crippen LogP contribution in [-0.4, -0.2) is 11.6 Å². The molecule has 0 amide bonds. The molecule has 0 bridgehead atoms. The number of carbonyl (C=O) groups is 2. The van der Waals surface area contributed by atoms with Gasteiger partial charge in [0.05, 0.1) is 0 Å². The summed E-state index contributed by atoms with van der Waals surface area (Å²) in [4.78, 5) is 24.7. The highest BCUT2D eigenvalue weighted by Crippen LogP contribution is 2.29. The summed E-state index contributed by atoms with van der Waals surface area (Å²) in [5.41, 5.74) is 2.34. The molecule has 0 spiro atoms. The van der Waals surface area contributed by atoms with Gasteiger partial charge in [-0.3, -0.25) is 9.59 Å². The monoisotopic (exact) mass is 233 g/mol. The lowest BCUT2D eigenvalue weighted by molar-refractivity contribution is 0.0979. The minimum absolute atomic E-state index is 0.121. The van der Waals surface area contributed by atoms with Gasteiger partial charge in [-0.1, -0.05) is 55.1 Å². The lowest BCUT2D eigenvalue weighted by Gasteiger charge is -2.18. The second-order valence-electron chi connectivity index (χ2n) is 4.14. The van der Waals surface area contributed by atoms with Crippen molar-refractivity contribution >= 4 is 17.6 Å². The number of benzene rings is 2. The van der Waals surface area contributed by atoms with Crippen LogP contribution >= 0.6 is 0 Å². The van der Waals surface area contributed by atoms with Gasteiger partial charge in [0, 0.05) is 22.3 Å². The van der Waals surface area contributed by atoms with Gasteiger partial charge < -0.3 is 0 Å². The lowest BCUT2D eigenvalue weighted by atomic mass is 9.82. The van der Waals surface area contributed by atoms with E-state index in [-0.39, 0.29) is 11.6 Å². The molecule has 0 heterocycles. The van der Waals surface area contributed by atoms with Crippen LogP contribution in [0.4, 0.5) is 0 Å². The van der Waals surface area contributed by atoms with Gasteiger partial charge in [-0.2, -0.15) is 0 Å². The van der Waals surface area contributed by atoms with Crippen LogP contribution in [0.15, 0.2) is 42.5 Å². The summed E-state index contributed by atoms with van der Waals surface area (Å²) in [6.45, 7) is 5.51. The zero-order valence-corrected chi connectivity index (χ0v) is 9.51. The van der Waals surface area contributed by atoms with Crippen molar-refractivity contribution in [3.05, 3.63) is 76.9 Å². The van der Waals surface area contributed by atoms with Crippen molar-refractivity contribution in [3.8, 4) is 0 Å². The van der Waals surface area contributed by atoms with Crippen LogP contribution in [0.25, 0.3) is 6.08 Å². The summed E-state index contributed by atoms with van der Waals surface area (Å²) in [7, 11) is 0. The molecular weight excluding hydrogens is 224 g/mol. The van der Waals surface area contributed by atoms with Crippen molar-refractivity contribution in [2.75, 3.05) is 0 Å². The SMILES string of the molecule is [CH]=Cc1cccc2c1C(=O)c1ccccc1C2=O. The van der Waals surface area contributed by atoms with Crippen LogP contribution in [0, 0.1) is 6.58 Å². The fourth-order valence-corrected chi connectivity index (χ4v) is 2.31. The molecule has 1 radical (unpaired) electrons. The van der Waals surface area contributed by atoms with E-state index in [1.807, 2.05) is 0 Å². The molecule has 0 atom stereocenters. The molecule has 2 nitrogen and oxygen atoms in total. The summed E-state index contributed by atoms with van der Waals surface area (Å²) in [6, 6.07) is 12.0. The Morgan fingerprint density at radius 3 is 2.06 bits per heavy atom. The molecule has 3 rings (SSSR count). The topological polar surface area (TPSA) is 34.1 Å². The molecular formula is C16H9O2. The molecule has 0 aromatic heterocycles. The van der Waals surface area contributed by atoms with E-state index in [2.05, 4.69) is 0 Å². The molecule has 0 saturated heterocycles. The number of rotatable bonds is 1. The molecule has 1 aliphatic rings. The van der Waals surface area contributed by atoms with E-state index in [4.69, 9.17) is 6.58 Å². The van der Waals surface area contributed by atoms with Crippen molar-refractivity contribution in [3.63, 3.8) is 0 Å². The van der Waals surface area contributed by atoms with E-state index in [1.54, 1.807) is 42.5 Å². The summed E-state index contributed by atoms with van der Waals surface area (Å²) < 4.78 is 0. The second-order valence-corrected chi connectivity index (χ2v) is 4.14. The van der Waals surface area contributed by atoms with E-state index in [0.29, 0.717) is 27.8 Å². The quantitative estimate of drug-likeness (QED) is 0.647. The number of hydrogen-bond donors (Lipinski definition) is 0. The van der Waals surface area contributed by atoms with Crippen LogP contribution in [0.5, 0.6) is 0 Å². The third-order valence-corrected chi connectivity index (χ3v) is 3.16. The standard InChI is InChI=1S/C16H9O2/c1-2-10-6-5-9-13-14(10)16(18)12-8-4-3-7-11(12)15(13)17/h1-9H. The van der Waals surface area contributed by atoms with Crippen molar-refractivity contribution in [1.82, 2.24) is 0 Å². The highest BCUT2D eigenvalue weighted by Gasteiger charge is 2.30. The zero-order valence-electron chi connectivity index (χ0n) is 9.51. The Bertz CT molecular complexity index is 696. The molecule has 2 aromatic carbocycles. The van der Waals surface area contributed by atoms with Crippen LogP contribution in [-0.2, 0) is 0 Å². The van der Waals surface area contributed by atoms with Crippen molar-refractivity contribution < 1.29 is 9.59 Å². The smallest absolute Gasteiger partial charge is 0.195 e. The van der Waals surface area contributed by atoms with Gasteiger partial charge in [-0.25, -0.2) is 0 Å². The minimum Gasteiger partial charge on any atom is -0.289 e. The van der Waals surface area contributed by atoms with Gasteiger partial charge in [0.25, 0.3) is 0 Å². The van der Waals surface area contributed by atoms with Crippen LogP contribution in [0.3, 0.4) is 0 Å². The molecule has 0 fully saturated rings. The van der Waals surface area contributed by atoms with Crippen LogP contribution < -0.4 is 0 Å². The summed E-state index contributed by atoms with van der Waals surface area (Å²) in [5, 5.41) is 0. The average Bonchev–Trinajstić information content (AvgIpc) is 2.44. The second kappa shape index (κ2) is 3.77. The Hall–Kier alpha value is -2.48. The fraction of sp³-hybridized carbons (Fsp3) is 0. The number of carbonyl (C=O) groups excluding carboxylic acids is 2. The van der Waals surface area contributed by atoms with Crippen molar-refractivity contribution in [2.24, 2.45) is 0 Å². The summed E-state index contributed by atoms with van der Waals surface area (Å²) >= 11 is 0. The zero-order chi connectivity index (χ0) is 12.7. The van der Waals surface area contributed by atoms with Crippen LogP contribution in [0.1, 0.15) is 37.4 Å². The van der Waals surface area contributed by atoms with Gasteiger partial charge >= 0.3 is 0 Å². The first-order chi connectivity index (χ1) is 8.74. The van der Waals surface area contributed by atoms with Gasteiger partial charge in [0.1, 0.15) is 0 Å². The number of ketones is 2. The minimum atomic E-state index is -0.141. The summed E-state index contributed by atoms with van der Waals surface area (Å²) in [5.74, 6) is -0.263. The fourth-order valence-electron chi connectivity index (χ4n) is 2.31. The van der Waals surface area contributed by atoms with Crippen molar-refractivity contribution in [2.45, 2.75) is 0 Å². The Morgan fingerprint density at radius 2 is 1.39 bits per heavy atom. The maximum Gasteiger partial charge on any atom is 0.195 e. The van der Waals surface area contributed by atoms with Gasteiger partial charge in [0.2, 0.25) is 0 Å². The maximum absolute atomic E-state index is 12.4. The predicted molar refractivity (Wildman–Crippen MR) is 68.5 cm³/mol. The third-order valence-electron chi connectivity index (χ3n) is 3.16. The third kappa shape index (κ3) is 1.29. The van der Waals surface area contributed by atoms with Gasteiger partial charge in [-0.15, -0.1) is 0 Å². The number of hydrogen-bond acceptors (Lipinski definition) is 2. The molecule has 18 heavy (non-hydrogen) atoms.